The van der Waals surface area contributed by atoms with Crippen LogP contribution >= 0.6 is 22.9 Å². The maximum atomic E-state index is 11.4. The molecule has 15 heavy (non-hydrogen) atoms. The Hall–Kier alpha value is -1.26. The van der Waals surface area contributed by atoms with Crippen LogP contribution in [0.1, 0.15) is 9.67 Å². The molecular formula is C10H8ClNO2S. The number of thiophene rings is 1. The molecule has 0 aliphatic carbocycles. The average Bonchev–Trinajstić information content (AvgIpc) is 2.54. The number of hydrogen-bond donors (Lipinski definition) is 1. The number of halogens is 1. The Balaban J connectivity index is 2.69. The van der Waals surface area contributed by atoms with Gasteiger partial charge in [-0.15, -0.1) is 11.3 Å². The Kier molecular flexibility index (Phi) is 2.54. The number of rotatable bonds is 1. The van der Waals surface area contributed by atoms with Crippen LogP contribution in [0.4, 0.5) is 5.69 Å². The molecule has 0 aliphatic heterocycles. The zero-order valence-electron chi connectivity index (χ0n) is 7.91. The number of hydrogen-bond acceptors (Lipinski definition) is 4. The first-order valence-corrected chi connectivity index (χ1v) is 5.38. The highest BCUT2D eigenvalue weighted by Gasteiger charge is 2.17. The molecular weight excluding hydrogens is 234 g/mol. The van der Waals surface area contributed by atoms with E-state index in [0.717, 1.165) is 10.1 Å². The first-order chi connectivity index (χ1) is 7.13. The van der Waals surface area contributed by atoms with E-state index in [1.807, 2.05) is 0 Å². The second kappa shape index (κ2) is 3.72. The molecule has 0 amide bonds. The van der Waals surface area contributed by atoms with Crippen LogP contribution in [0.2, 0.25) is 5.02 Å². The molecule has 5 heteroatoms. The Morgan fingerprint density at radius 3 is 2.93 bits per heavy atom. The highest BCUT2D eigenvalue weighted by molar-refractivity contribution is 7.21. The van der Waals surface area contributed by atoms with E-state index < -0.39 is 5.97 Å². The van der Waals surface area contributed by atoms with E-state index in [0.29, 0.717) is 15.6 Å². The third kappa shape index (κ3) is 1.66. The van der Waals surface area contributed by atoms with E-state index in [1.54, 1.807) is 18.2 Å². The quantitative estimate of drug-likeness (QED) is 0.617. The first kappa shape index (κ1) is 10.3. The number of methoxy groups -OCH3 is 1. The van der Waals surface area contributed by atoms with Gasteiger partial charge in [-0.3, -0.25) is 0 Å². The molecule has 0 spiro atoms. The topological polar surface area (TPSA) is 52.3 Å². The normalized spacial score (nSPS) is 10.5. The molecule has 0 unspecified atom stereocenters. The fourth-order valence-electron chi connectivity index (χ4n) is 1.31. The molecule has 0 bridgehead atoms. The van der Waals surface area contributed by atoms with Gasteiger partial charge in [-0.25, -0.2) is 4.79 Å². The van der Waals surface area contributed by atoms with Gasteiger partial charge in [-0.2, -0.15) is 0 Å². The fourth-order valence-corrected chi connectivity index (χ4v) is 2.78. The van der Waals surface area contributed by atoms with Crippen molar-refractivity contribution in [2.75, 3.05) is 12.8 Å². The summed E-state index contributed by atoms with van der Waals surface area (Å²) in [6.45, 7) is 0. The van der Waals surface area contributed by atoms with Gasteiger partial charge in [-0.05, 0) is 18.2 Å². The van der Waals surface area contributed by atoms with Crippen LogP contribution in [0.5, 0.6) is 0 Å². The maximum Gasteiger partial charge on any atom is 0.349 e. The molecule has 0 radical (unpaired) electrons. The average molecular weight is 242 g/mol. The van der Waals surface area contributed by atoms with E-state index in [9.17, 15) is 4.79 Å². The van der Waals surface area contributed by atoms with Gasteiger partial charge in [0, 0.05) is 15.8 Å². The summed E-state index contributed by atoms with van der Waals surface area (Å²) in [4.78, 5) is 11.8. The van der Waals surface area contributed by atoms with Gasteiger partial charge >= 0.3 is 5.97 Å². The number of esters is 1. The summed E-state index contributed by atoms with van der Waals surface area (Å²) in [5, 5.41) is 1.26. The first-order valence-electron chi connectivity index (χ1n) is 4.19. The van der Waals surface area contributed by atoms with Gasteiger partial charge in [0.1, 0.15) is 4.88 Å². The third-order valence-electron chi connectivity index (χ3n) is 2.02. The zero-order chi connectivity index (χ0) is 11.0. The molecule has 0 aliphatic rings. The van der Waals surface area contributed by atoms with Crippen LogP contribution in [-0.4, -0.2) is 13.1 Å². The Morgan fingerprint density at radius 2 is 2.27 bits per heavy atom. The monoisotopic (exact) mass is 241 g/mol. The standard InChI is InChI=1S/C10H8ClNO2S/c1-14-10(13)9-8(11)6-3-2-5(12)4-7(6)15-9/h2-4H,12H2,1H3. The summed E-state index contributed by atoms with van der Waals surface area (Å²) in [5.74, 6) is -0.417. The summed E-state index contributed by atoms with van der Waals surface area (Å²) in [6, 6.07) is 5.34. The number of nitrogens with two attached hydrogens (primary N) is 1. The molecule has 0 saturated heterocycles. The van der Waals surface area contributed by atoms with Crippen molar-refractivity contribution in [1.29, 1.82) is 0 Å². The zero-order valence-corrected chi connectivity index (χ0v) is 9.48. The SMILES string of the molecule is COC(=O)c1sc2cc(N)ccc2c1Cl. The molecule has 0 fully saturated rings. The van der Waals surface area contributed by atoms with Crippen LogP contribution in [-0.2, 0) is 4.74 Å². The van der Waals surface area contributed by atoms with Crippen molar-refractivity contribution in [3.8, 4) is 0 Å². The Labute approximate surface area is 95.4 Å². The molecule has 1 aromatic heterocycles. The van der Waals surface area contributed by atoms with Gasteiger partial charge in [0.25, 0.3) is 0 Å². The van der Waals surface area contributed by atoms with Gasteiger partial charge in [-0.1, -0.05) is 11.6 Å². The maximum absolute atomic E-state index is 11.4. The lowest BCUT2D eigenvalue weighted by Gasteiger charge is -1.94. The largest absolute Gasteiger partial charge is 0.465 e. The summed E-state index contributed by atoms with van der Waals surface area (Å²) in [7, 11) is 1.33. The lowest BCUT2D eigenvalue weighted by molar-refractivity contribution is 0.0606. The molecule has 0 saturated carbocycles. The molecule has 78 valence electrons. The number of fused-ring (bicyclic) bond motifs is 1. The predicted molar refractivity (Wildman–Crippen MR) is 62.6 cm³/mol. The number of carbonyl (C=O) groups is 1. The highest BCUT2D eigenvalue weighted by Crippen LogP contribution is 2.36. The number of carbonyl (C=O) groups excluding carboxylic acids is 1. The van der Waals surface area contributed by atoms with E-state index in [4.69, 9.17) is 17.3 Å². The van der Waals surface area contributed by atoms with Crippen molar-refractivity contribution in [1.82, 2.24) is 0 Å². The van der Waals surface area contributed by atoms with Crippen molar-refractivity contribution in [2.24, 2.45) is 0 Å². The van der Waals surface area contributed by atoms with Crippen LogP contribution in [0, 0.1) is 0 Å². The van der Waals surface area contributed by atoms with E-state index in [1.165, 1.54) is 18.4 Å². The van der Waals surface area contributed by atoms with E-state index >= 15 is 0 Å². The second-order valence-corrected chi connectivity index (χ2v) is 4.42. The number of ether oxygens (including phenoxy) is 1. The molecule has 1 heterocycles. The predicted octanol–water partition coefficient (Wildman–Crippen LogP) is 2.92. The fraction of sp³-hybridized carbons (Fsp3) is 0.100. The van der Waals surface area contributed by atoms with E-state index in [-0.39, 0.29) is 0 Å². The van der Waals surface area contributed by atoms with Crippen molar-refractivity contribution in [2.45, 2.75) is 0 Å². The van der Waals surface area contributed by atoms with Gasteiger partial charge < -0.3 is 10.5 Å². The van der Waals surface area contributed by atoms with Crippen LogP contribution < -0.4 is 5.73 Å². The van der Waals surface area contributed by atoms with Crippen molar-refractivity contribution >= 4 is 44.7 Å². The van der Waals surface area contributed by atoms with Crippen molar-refractivity contribution in [3.05, 3.63) is 28.1 Å². The number of nitrogen functional groups attached to an aromatic ring is 1. The van der Waals surface area contributed by atoms with Crippen LogP contribution in [0.25, 0.3) is 10.1 Å². The summed E-state index contributed by atoms with van der Waals surface area (Å²) >= 11 is 7.34. The second-order valence-electron chi connectivity index (χ2n) is 2.99. The summed E-state index contributed by atoms with van der Waals surface area (Å²) in [6.07, 6.45) is 0. The smallest absolute Gasteiger partial charge is 0.349 e. The van der Waals surface area contributed by atoms with Gasteiger partial charge in [0.2, 0.25) is 0 Å². The summed E-state index contributed by atoms with van der Waals surface area (Å²) < 4.78 is 5.52. The Morgan fingerprint density at radius 1 is 1.53 bits per heavy atom. The van der Waals surface area contributed by atoms with Gasteiger partial charge in [0.15, 0.2) is 0 Å². The van der Waals surface area contributed by atoms with Crippen molar-refractivity contribution in [3.63, 3.8) is 0 Å². The van der Waals surface area contributed by atoms with Crippen molar-refractivity contribution < 1.29 is 9.53 Å². The van der Waals surface area contributed by atoms with Crippen LogP contribution in [0.15, 0.2) is 18.2 Å². The van der Waals surface area contributed by atoms with Crippen LogP contribution in [0.3, 0.4) is 0 Å². The molecule has 1 aromatic carbocycles. The highest BCUT2D eigenvalue weighted by atomic mass is 35.5. The number of benzene rings is 1. The third-order valence-corrected chi connectivity index (χ3v) is 3.66. The molecule has 0 atom stereocenters. The summed E-state index contributed by atoms with van der Waals surface area (Å²) in [5.41, 5.74) is 6.29. The minimum atomic E-state index is -0.417. The van der Waals surface area contributed by atoms with Gasteiger partial charge in [0.05, 0.1) is 12.1 Å². The molecule has 3 nitrogen and oxygen atoms in total. The minimum Gasteiger partial charge on any atom is -0.465 e. The molecule has 2 N–H and O–H groups in total. The van der Waals surface area contributed by atoms with E-state index in [2.05, 4.69) is 4.74 Å². The lowest BCUT2D eigenvalue weighted by atomic mass is 10.2. The minimum absolute atomic E-state index is 0.416. The Bertz CT molecular complexity index is 535. The molecule has 2 rings (SSSR count). The lowest BCUT2D eigenvalue weighted by Crippen LogP contribution is -1.97. The number of anilines is 1. The molecule has 2 aromatic rings.